The van der Waals surface area contributed by atoms with Gasteiger partial charge in [-0.3, -0.25) is 4.79 Å². The predicted octanol–water partition coefficient (Wildman–Crippen LogP) is 4.03. The number of halogens is 3. The SMILES string of the molecule is Cc1cccc(NC(=O)c2scnc2C(F)(F)F)c1C. The maximum Gasteiger partial charge on any atom is 0.434 e. The molecule has 106 valence electrons. The Bertz CT molecular complexity index is 649. The van der Waals surface area contributed by atoms with Crippen molar-refractivity contribution in [1.29, 1.82) is 0 Å². The lowest BCUT2D eigenvalue weighted by atomic mass is 10.1. The Morgan fingerprint density at radius 1 is 1.30 bits per heavy atom. The number of nitrogens with one attached hydrogen (secondary N) is 1. The lowest BCUT2D eigenvalue weighted by Gasteiger charge is -2.11. The number of carbonyl (C=O) groups excluding carboxylic acids is 1. The molecule has 0 radical (unpaired) electrons. The number of rotatable bonds is 2. The summed E-state index contributed by atoms with van der Waals surface area (Å²) in [5.41, 5.74) is 2.13. The summed E-state index contributed by atoms with van der Waals surface area (Å²) in [4.78, 5) is 14.8. The van der Waals surface area contributed by atoms with Crippen LogP contribution in [-0.2, 0) is 6.18 Å². The van der Waals surface area contributed by atoms with Crippen LogP contribution >= 0.6 is 11.3 Å². The summed E-state index contributed by atoms with van der Waals surface area (Å²) < 4.78 is 38.1. The first kappa shape index (κ1) is 14.5. The van der Waals surface area contributed by atoms with Crippen molar-refractivity contribution in [3.63, 3.8) is 0 Å². The molecule has 1 aromatic heterocycles. The molecule has 1 N–H and O–H groups in total. The van der Waals surface area contributed by atoms with E-state index in [0.29, 0.717) is 17.0 Å². The maximum atomic E-state index is 12.7. The Morgan fingerprint density at radius 2 is 2.00 bits per heavy atom. The van der Waals surface area contributed by atoms with Crippen molar-refractivity contribution in [3.8, 4) is 0 Å². The second-order valence-electron chi connectivity index (χ2n) is 4.23. The molecule has 3 nitrogen and oxygen atoms in total. The number of hydrogen-bond acceptors (Lipinski definition) is 3. The summed E-state index contributed by atoms with van der Waals surface area (Å²) >= 11 is 0.671. The zero-order valence-corrected chi connectivity index (χ0v) is 11.5. The molecule has 0 aliphatic carbocycles. The molecule has 2 rings (SSSR count). The Morgan fingerprint density at radius 3 is 2.65 bits per heavy atom. The van der Waals surface area contributed by atoms with Crippen LogP contribution in [0.15, 0.2) is 23.7 Å². The minimum atomic E-state index is -4.63. The summed E-state index contributed by atoms with van der Waals surface area (Å²) in [5, 5.41) is 2.50. The van der Waals surface area contributed by atoms with Gasteiger partial charge in [-0.15, -0.1) is 11.3 Å². The molecule has 1 aromatic carbocycles. The van der Waals surface area contributed by atoms with E-state index in [-0.39, 0.29) is 0 Å². The summed E-state index contributed by atoms with van der Waals surface area (Å²) in [6.07, 6.45) is -4.63. The van der Waals surface area contributed by atoms with Crippen molar-refractivity contribution in [1.82, 2.24) is 4.98 Å². The highest BCUT2D eigenvalue weighted by Gasteiger charge is 2.38. The third-order valence-electron chi connectivity index (χ3n) is 2.90. The fourth-order valence-electron chi connectivity index (χ4n) is 1.67. The Hall–Kier alpha value is -1.89. The predicted molar refractivity (Wildman–Crippen MR) is 71.0 cm³/mol. The quantitative estimate of drug-likeness (QED) is 0.909. The fraction of sp³-hybridized carbons (Fsp3) is 0.231. The number of amides is 1. The number of aryl methyl sites for hydroxylation is 1. The third-order valence-corrected chi connectivity index (χ3v) is 3.72. The van der Waals surface area contributed by atoms with E-state index in [1.165, 1.54) is 0 Å². The van der Waals surface area contributed by atoms with E-state index in [4.69, 9.17) is 0 Å². The smallest absolute Gasteiger partial charge is 0.321 e. The van der Waals surface area contributed by atoms with Gasteiger partial charge in [-0.2, -0.15) is 13.2 Å². The van der Waals surface area contributed by atoms with E-state index in [2.05, 4.69) is 10.3 Å². The highest BCUT2D eigenvalue weighted by atomic mass is 32.1. The molecule has 2 aromatic rings. The second kappa shape index (κ2) is 5.24. The van der Waals surface area contributed by atoms with Crippen molar-refractivity contribution in [2.24, 2.45) is 0 Å². The zero-order chi connectivity index (χ0) is 14.9. The summed E-state index contributed by atoms with van der Waals surface area (Å²) in [6, 6.07) is 5.24. The van der Waals surface area contributed by atoms with Crippen LogP contribution in [0, 0.1) is 13.8 Å². The van der Waals surface area contributed by atoms with E-state index in [9.17, 15) is 18.0 Å². The molecule has 0 aliphatic rings. The first-order valence-corrected chi connectivity index (χ1v) is 6.57. The van der Waals surface area contributed by atoms with Crippen LogP contribution in [0.1, 0.15) is 26.5 Å². The second-order valence-corrected chi connectivity index (χ2v) is 5.08. The molecular weight excluding hydrogens is 289 g/mol. The fourth-order valence-corrected chi connectivity index (χ4v) is 2.38. The number of nitrogens with zero attached hydrogens (tertiary/aromatic N) is 1. The van der Waals surface area contributed by atoms with E-state index >= 15 is 0 Å². The van der Waals surface area contributed by atoms with Gasteiger partial charge in [0.05, 0.1) is 5.51 Å². The number of anilines is 1. The number of benzene rings is 1. The largest absolute Gasteiger partial charge is 0.434 e. The van der Waals surface area contributed by atoms with E-state index in [1.807, 2.05) is 13.0 Å². The van der Waals surface area contributed by atoms with Crippen LogP contribution in [0.4, 0.5) is 18.9 Å². The van der Waals surface area contributed by atoms with Crippen molar-refractivity contribution < 1.29 is 18.0 Å². The summed E-state index contributed by atoms with van der Waals surface area (Å²) in [5.74, 6) is -0.798. The minimum Gasteiger partial charge on any atom is -0.321 e. The molecule has 20 heavy (non-hydrogen) atoms. The molecule has 0 atom stereocenters. The lowest BCUT2D eigenvalue weighted by Crippen LogP contribution is -2.17. The highest BCUT2D eigenvalue weighted by molar-refractivity contribution is 7.12. The van der Waals surface area contributed by atoms with Gasteiger partial charge in [-0.1, -0.05) is 12.1 Å². The van der Waals surface area contributed by atoms with Crippen LogP contribution in [0.3, 0.4) is 0 Å². The molecule has 0 saturated heterocycles. The number of hydrogen-bond donors (Lipinski definition) is 1. The van der Waals surface area contributed by atoms with Gasteiger partial charge in [0, 0.05) is 5.69 Å². The first-order valence-electron chi connectivity index (χ1n) is 5.69. The molecule has 0 spiro atoms. The zero-order valence-electron chi connectivity index (χ0n) is 10.7. The number of thiazole rings is 1. The van der Waals surface area contributed by atoms with Gasteiger partial charge < -0.3 is 5.32 Å². The van der Waals surface area contributed by atoms with Gasteiger partial charge in [0.1, 0.15) is 4.88 Å². The minimum absolute atomic E-state index is 0.432. The molecule has 7 heteroatoms. The van der Waals surface area contributed by atoms with Crippen LogP contribution in [0.25, 0.3) is 0 Å². The lowest BCUT2D eigenvalue weighted by molar-refractivity contribution is -0.141. The molecule has 0 unspecified atom stereocenters. The van der Waals surface area contributed by atoms with E-state index in [0.717, 1.165) is 16.6 Å². The topological polar surface area (TPSA) is 42.0 Å². The summed E-state index contributed by atoms with van der Waals surface area (Å²) in [6.45, 7) is 3.65. The van der Waals surface area contributed by atoms with Gasteiger partial charge in [-0.25, -0.2) is 4.98 Å². The normalized spacial score (nSPS) is 11.4. The van der Waals surface area contributed by atoms with Crippen LogP contribution in [-0.4, -0.2) is 10.9 Å². The van der Waals surface area contributed by atoms with Crippen LogP contribution < -0.4 is 5.32 Å². The Balaban J connectivity index is 2.30. The van der Waals surface area contributed by atoms with Gasteiger partial charge in [0.25, 0.3) is 5.91 Å². The van der Waals surface area contributed by atoms with Crippen molar-refractivity contribution >= 4 is 22.9 Å². The van der Waals surface area contributed by atoms with Gasteiger partial charge in [-0.05, 0) is 31.0 Å². The Labute approximate surface area is 117 Å². The molecule has 1 heterocycles. The van der Waals surface area contributed by atoms with E-state index in [1.54, 1.807) is 19.1 Å². The molecular formula is C13H11F3N2OS. The monoisotopic (exact) mass is 300 g/mol. The molecule has 0 bridgehead atoms. The van der Waals surface area contributed by atoms with Crippen molar-refractivity contribution in [3.05, 3.63) is 45.4 Å². The van der Waals surface area contributed by atoms with E-state index < -0.39 is 22.7 Å². The maximum absolute atomic E-state index is 12.7. The summed E-state index contributed by atoms with van der Waals surface area (Å²) in [7, 11) is 0. The molecule has 1 amide bonds. The van der Waals surface area contributed by atoms with Crippen LogP contribution in [0.5, 0.6) is 0 Å². The van der Waals surface area contributed by atoms with Gasteiger partial charge in [0.2, 0.25) is 0 Å². The molecule has 0 fully saturated rings. The van der Waals surface area contributed by atoms with Crippen molar-refractivity contribution in [2.75, 3.05) is 5.32 Å². The Kier molecular flexibility index (Phi) is 3.80. The standard InChI is InChI=1S/C13H11F3N2OS/c1-7-4-3-5-9(8(7)2)18-12(19)10-11(13(14,15)16)17-6-20-10/h3-6H,1-2H3,(H,18,19). The van der Waals surface area contributed by atoms with Crippen molar-refractivity contribution in [2.45, 2.75) is 20.0 Å². The molecule has 0 saturated carbocycles. The third kappa shape index (κ3) is 2.82. The number of carbonyl (C=O) groups is 1. The van der Waals surface area contributed by atoms with Gasteiger partial charge >= 0.3 is 6.18 Å². The highest BCUT2D eigenvalue weighted by Crippen LogP contribution is 2.33. The van der Waals surface area contributed by atoms with Crippen LogP contribution in [0.2, 0.25) is 0 Å². The van der Waals surface area contributed by atoms with Gasteiger partial charge in [0.15, 0.2) is 5.69 Å². The number of aromatic nitrogens is 1. The average Bonchev–Trinajstić information content (AvgIpc) is 2.84. The molecule has 0 aliphatic heterocycles. The first-order chi connectivity index (χ1) is 9.30. The average molecular weight is 300 g/mol. The number of alkyl halides is 3.